The van der Waals surface area contributed by atoms with Gasteiger partial charge in [-0.15, -0.1) is 11.3 Å². The van der Waals surface area contributed by atoms with E-state index < -0.39 is 9.84 Å². The maximum atomic E-state index is 13.1. The zero-order chi connectivity index (χ0) is 20.8. The lowest BCUT2D eigenvalue weighted by molar-refractivity contribution is -0.116. The number of methoxy groups -OCH3 is 1. The molecule has 0 saturated carbocycles. The summed E-state index contributed by atoms with van der Waals surface area (Å²) >= 11 is 7.14. The number of rotatable bonds is 4. The van der Waals surface area contributed by atoms with Crippen LogP contribution < -0.4 is 10.1 Å². The Morgan fingerprint density at radius 3 is 2.62 bits per heavy atom. The zero-order valence-electron chi connectivity index (χ0n) is 15.2. The van der Waals surface area contributed by atoms with Crippen LogP contribution in [0.5, 0.6) is 11.5 Å². The van der Waals surface area contributed by atoms with Gasteiger partial charge in [0.2, 0.25) is 15.7 Å². The molecular weight excluding hydrogens is 434 g/mol. The van der Waals surface area contributed by atoms with Gasteiger partial charge in [-0.3, -0.25) is 4.79 Å². The van der Waals surface area contributed by atoms with Gasteiger partial charge in [0.15, 0.2) is 11.5 Å². The summed E-state index contributed by atoms with van der Waals surface area (Å²) < 4.78 is 31.4. The number of phenolic OH excluding ortho intramolecular Hbond substituents is 1. The highest BCUT2D eigenvalue weighted by Crippen LogP contribution is 2.46. The van der Waals surface area contributed by atoms with Gasteiger partial charge in [0, 0.05) is 27.6 Å². The van der Waals surface area contributed by atoms with Gasteiger partial charge in [0.25, 0.3) is 0 Å². The SMILES string of the molecule is COc1cc([C@H]2CC(=O)Nc3c(S(=O)(=O)c4ccc(Cl)cc4)csc32)ccc1O. The second kappa shape index (κ2) is 7.37. The van der Waals surface area contributed by atoms with Crippen molar-refractivity contribution in [3.63, 3.8) is 0 Å². The van der Waals surface area contributed by atoms with Crippen molar-refractivity contribution in [1.29, 1.82) is 0 Å². The molecule has 4 rings (SSSR count). The van der Waals surface area contributed by atoms with E-state index in [4.69, 9.17) is 16.3 Å². The minimum atomic E-state index is -3.83. The number of carbonyl (C=O) groups excluding carboxylic acids is 1. The first-order chi connectivity index (χ1) is 13.8. The van der Waals surface area contributed by atoms with Crippen LogP contribution in [0.3, 0.4) is 0 Å². The van der Waals surface area contributed by atoms with Gasteiger partial charge < -0.3 is 15.2 Å². The fourth-order valence-corrected chi connectivity index (χ4v) is 6.36. The van der Waals surface area contributed by atoms with Gasteiger partial charge >= 0.3 is 0 Å². The van der Waals surface area contributed by atoms with E-state index >= 15 is 0 Å². The summed E-state index contributed by atoms with van der Waals surface area (Å²) in [5.74, 6) is -0.331. The Morgan fingerprint density at radius 1 is 1.21 bits per heavy atom. The minimum absolute atomic E-state index is 0.00563. The van der Waals surface area contributed by atoms with E-state index in [0.29, 0.717) is 16.5 Å². The summed E-state index contributed by atoms with van der Waals surface area (Å²) in [6.45, 7) is 0. The molecular formula is C20H16ClNO5S2. The monoisotopic (exact) mass is 449 g/mol. The molecule has 150 valence electrons. The number of nitrogens with one attached hydrogen (secondary N) is 1. The van der Waals surface area contributed by atoms with E-state index in [1.807, 2.05) is 0 Å². The number of halogens is 1. The smallest absolute Gasteiger partial charge is 0.225 e. The Morgan fingerprint density at radius 2 is 1.93 bits per heavy atom. The zero-order valence-corrected chi connectivity index (χ0v) is 17.6. The van der Waals surface area contributed by atoms with Crippen LogP contribution in [0.4, 0.5) is 5.69 Å². The van der Waals surface area contributed by atoms with Gasteiger partial charge in [0.05, 0.1) is 17.7 Å². The predicted molar refractivity (Wildman–Crippen MR) is 111 cm³/mol. The number of anilines is 1. The third-order valence-corrected chi connectivity index (χ3v) is 8.07. The quantitative estimate of drug-likeness (QED) is 0.615. The summed E-state index contributed by atoms with van der Waals surface area (Å²) in [4.78, 5) is 13.3. The van der Waals surface area contributed by atoms with E-state index in [0.717, 1.165) is 10.4 Å². The molecule has 0 aliphatic carbocycles. The second-order valence-corrected chi connectivity index (χ2v) is 9.80. The summed E-state index contributed by atoms with van der Waals surface area (Å²) in [5.41, 5.74) is 1.06. The van der Waals surface area contributed by atoms with Crippen LogP contribution in [0.1, 0.15) is 22.8 Å². The van der Waals surface area contributed by atoms with Crippen molar-refractivity contribution >= 4 is 44.4 Å². The molecule has 0 unspecified atom stereocenters. The van der Waals surface area contributed by atoms with Crippen LogP contribution in [0.2, 0.25) is 5.02 Å². The summed E-state index contributed by atoms with van der Waals surface area (Å²) in [6, 6.07) is 10.8. The van der Waals surface area contributed by atoms with Gasteiger partial charge in [-0.1, -0.05) is 17.7 Å². The third kappa shape index (κ3) is 3.48. The average Bonchev–Trinajstić information content (AvgIpc) is 3.12. The Kier molecular flexibility index (Phi) is 5.02. The molecule has 1 amide bonds. The molecule has 3 aromatic rings. The van der Waals surface area contributed by atoms with Crippen molar-refractivity contribution < 1.29 is 23.1 Å². The van der Waals surface area contributed by atoms with Crippen LogP contribution in [0, 0.1) is 0 Å². The topological polar surface area (TPSA) is 92.7 Å². The molecule has 1 atom stereocenters. The van der Waals surface area contributed by atoms with Crippen molar-refractivity contribution in [3.8, 4) is 11.5 Å². The fourth-order valence-electron chi connectivity index (χ4n) is 3.32. The van der Waals surface area contributed by atoms with E-state index in [1.165, 1.54) is 48.8 Å². The van der Waals surface area contributed by atoms with Crippen molar-refractivity contribution in [3.05, 3.63) is 63.3 Å². The number of hydrogen-bond donors (Lipinski definition) is 2. The standard InChI is InChI=1S/C20H16ClNO5S2/c1-27-16-8-11(2-7-15(16)23)14-9-18(24)22-19-17(10-28-20(14)19)29(25,26)13-5-3-12(21)4-6-13/h2-8,10,14,23H,9H2,1H3,(H,22,24)/t14-/m1/s1. The first-order valence-corrected chi connectivity index (χ1v) is 11.3. The van der Waals surface area contributed by atoms with Gasteiger partial charge in [-0.25, -0.2) is 8.42 Å². The molecule has 2 N–H and O–H groups in total. The Hall–Kier alpha value is -2.55. The number of amides is 1. The van der Waals surface area contributed by atoms with Gasteiger partial charge in [-0.05, 0) is 42.0 Å². The van der Waals surface area contributed by atoms with Crippen LogP contribution in [-0.2, 0) is 14.6 Å². The molecule has 6 nitrogen and oxygen atoms in total. The molecule has 2 aromatic carbocycles. The highest BCUT2D eigenvalue weighted by Gasteiger charge is 2.34. The number of sulfone groups is 1. The molecule has 0 fully saturated rings. The normalized spacial score (nSPS) is 16.2. The maximum Gasteiger partial charge on any atom is 0.225 e. The number of hydrogen-bond acceptors (Lipinski definition) is 6. The first kappa shape index (κ1) is 19.8. The molecule has 0 radical (unpaired) electrons. The number of carbonyl (C=O) groups is 1. The van der Waals surface area contributed by atoms with Crippen LogP contribution in [0.15, 0.2) is 57.6 Å². The lowest BCUT2D eigenvalue weighted by Gasteiger charge is -2.24. The number of aromatic hydroxyl groups is 1. The van der Waals surface area contributed by atoms with E-state index in [9.17, 15) is 18.3 Å². The summed E-state index contributed by atoms with van der Waals surface area (Å²) in [5, 5.41) is 14.6. The van der Waals surface area contributed by atoms with Crippen molar-refractivity contribution in [2.75, 3.05) is 12.4 Å². The molecule has 0 bridgehead atoms. The molecule has 9 heteroatoms. The Labute approximate surface area is 176 Å². The Bertz CT molecular complexity index is 1200. The Balaban J connectivity index is 1.82. The molecule has 0 saturated heterocycles. The number of thiophene rings is 1. The number of ether oxygens (including phenoxy) is 1. The van der Waals surface area contributed by atoms with Crippen LogP contribution in [0.25, 0.3) is 0 Å². The second-order valence-electron chi connectivity index (χ2n) is 6.53. The lowest BCUT2D eigenvalue weighted by Crippen LogP contribution is -2.23. The predicted octanol–water partition coefficient (Wildman–Crippen LogP) is 4.42. The van der Waals surface area contributed by atoms with E-state index in [1.54, 1.807) is 17.5 Å². The molecule has 0 spiro atoms. The average molecular weight is 450 g/mol. The lowest BCUT2D eigenvalue weighted by atomic mass is 9.90. The number of phenols is 1. The van der Waals surface area contributed by atoms with Crippen molar-refractivity contribution in [2.45, 2.75) is 22.1 Å². The van der Waals surface area contributed by atoms with E-state index in [2.05, 4.69) is 5.32 Å². The first-order valence-electron chi connectivity index (χ1n) is 8.60. The molecule has 1 aromatic heterocycles. The summed E-state index contributed by atoms with van der Waals surface area (Å²) in [6.07, 6.45) is 0.169. The molecule has 29 heavy (non-hydrogen) atoms. The number of fused-ring (bicyclic) bond motifs is 1. The van der Waals surface area contributed by atoms with Gasteiger partial charge in [0.1, 0.15) is 4.90 Å². The van der Waals surface area contributed by atoms with Crippen LogP contribution in [-0.4, -0.2) is 26.5 Å². The fraction of sp³-hybridized carbons (Fsp3) is 0.150. The molecule has 1 aliphatic rings. The van der Waals surface area contributed by atoms with Crippen LogP contribution >= 0.6 is 22.9 Å². The summed E-state index contributed by atoms with van der Waals surface area (Å²) in [7, 11) is -2.39. The molecule has 1 aliphatic heterocycles. The highest BCUT2D eigenvalue weighted by atomic mass is 35.5. The minimum Gasteiger partial charge on any atom is -0.504 e. The maximum absolute atomic E-state index is 13.1. The molecule has 2 heterocycles. The van der Waals surface area contributed by atoms with Crippen molar-refractivity contribution in [1.82, 2.24) is 0 Å². The van der Waals surface area contributed by atoms with Gasteiger partial charge in [-0.2, -0.15) is 0 Å². The third-order valence-electron chi connectivity index (χ3n) is 4.78. The van der Waals surface area contributed by atoms with E-state index in [-0.39, 0.29) is 33.8 Å². The highest BCUT2D eigenvalue weighted by molar-refractivity contribution is 7.91. The largest absolute Gasteiger partial charge is 0.504 e. The van der Waals surface area contributed by atoms with Crippen molar-refractivity contribution in [2.24, 2.45) is 0 Å². The number of benzene rings is 2.